The monoisotopic (exact) mass is 204 g/mol. The minimum atomic E-state index is -1.48. The molecule has 0 aliphatic carbocycles. The standard InChI is InChI=1S/C9H7F3O2/c10-6-3-5(4-7(11)8(6)12)9-13-1-2-14-9/h3-4,9H,1-2H2. The van der Waals surface area contributed by atoms with E-state index in [2.05, 4.69) is 0 Å². The van der Waals surface area contributed by atoms with Crippen molar-refractivity contribution in [1.82, 2.24) is 0 Å². The molecule has 14 heavy (non-hydrogen) atoms. The SMILES string of the molecule is Fc1cc(C2OCCO2)cc(F)c1F. The molecule has 1 fully saturated rings. The molecular formula is C9H7F3O2. The van der Waals surface area contributed by atoms with E-state index in [9.17, 15) is 13.2 Å². The zero-order valence-corrected chi connectivity index (χ0v) is 7.10. The lowest BCUT2D eigenvalue weighted by molar-refractivity contribution is -0.0445. The molecule has 0 unspecified atom stereocenters. The van der Waals surface area contributed by atoms with E-state index in [0.29, 0.717) is 13.2 Å². The Balaban J connectivity index is 2.34. The number of ether oxygens (including phenoxy) is 2. The van der Waals surface area contributed by atoms with Gasteiger partial charge in [-0.2, -0.15) is 0 Å². The fourth-order valence-corrected chi connectivity index (χ4v) is 1.26. The minimum Gasteiger partial charge on any atom is -0.346 e. The molecule has 1 aromatic carbocycles. The lowest BCUT2D eigenvalue weighted by atomic mass is 10.2. The average Bonchev–Trinajstić information content (AvgIpc) is 2.66. The summed E-state index contributed by atoms with van der Waals surface area (Å²) >= 11 is 0. The van der Waals surface area contributed by atoms with Gasteiger partial charge in [-0.3, -0.25) is 0 Å². The maximum atomic E-state index is 12.8. The highest BCUT2D eigenvalue weighted by molar-refractivity contribution is 5.20. The molecule has 1 aliphatic rings. The Hall–Kier alpha value is -1.07. The maximum Gasteiger partial charge on any atom is 0.194 e. The summed E-state index contributed by atoms with van der Waals surface area (Å²) in [5, 5.41) is 0. The highest BCUT2D eigenvalue weighted by atomic mass is 19.2. The second-order valence-electron chi connectivity index (χ2n) is 2.87. The molecule has 0 bridgehead atoms. The number of halogens is 3. The van der Waals surface area contributed by atoms with Gasteiger partial charge in [0, 0.05) is 5.56 Å². The molecule has 0 amide bonds. The lowest BCUT2D eigenvalue weighted by Crippen LogP contribution is -2.01. The zero-order valence-electron chi connectivity index (χ0n) is 7.10. The van der Waals surface area contributed by atoms with Crippen LogP contribution in [0.25, 0.3) is 0 Å². The molecule has 1 saturated heterocycles. The first-order valence-electron chi connectivity index (χ1n) is 4.06. The molecule has 5 heteroatoms. The van der Waals surface area contributed by atoms with Crippen LogP contribution in [0.1, 0.15) is 11.9 Å². The highest BCUT2D eigenvalue weighted by Gasteiger charge is 2.21. The second kappa shape index (κ2) is 3.59. The summed E-state index contributed by atoms with van der Waals surface area (Å²) in [7, 11) is 0. The minimum absolute atomic E-state index is 0.152. The molecular weight excluding hydrogens is 197 g/mol. The smallest absolute Gasteiger partial charge is 0.194 e. The van der Waals surface area contributed by atoms with Crippen LogP contribution in [0, 0.1) is 17.5 Å². The van der Waals surface area contributed by atoms with Gasteiger partial charge in [0.1, 0.15) is 0 Å². The van der Waals surface area contributed by atoms with Crippen molar-refractivity contribution in [2.75, 3.05) is 13.2 Å². The quantitative estimate of drug-likeness (QED) is 0.652. The first kappa shape index (κ1) is 9.48. The van der Waals surface area contributed by atoms with Gasteiger partial charge in [-0.1, -0.05) is 0 Å². The van der Waals surface area contributed by atoms with E-state index in [-0.39, 0.29) is 5.56 Å². The Labute approximate surface area is 78.2 Å². The summed E-state index contributed by atoms with van der Waals surface area (Å²) < 4.78 is 48.1. The van der Waals surface area contributed by atoms with Crippen molar-refractivity contribution in [1.29, 1.82) is 0 Å². The lowest BCUT2D eigenvalue weighted by Gasteiger charge is -2.09. The Morgan fingerprint density at radius 1 is 1.00 bits per heavy atom. The van der Waals surface area contributed by atoms with Gasteiger partial charge >= 0.3 is 0 Å². The summed E-state index contributed by atoms with van der Waals surface area (Å²) in [6.45, 7) is 0.733. The third kappa shape index (κ3) is 1.60. The Kier molecular flexibility index (Phi) is 2.43. The van der Waals surface area contributed by atoms with Crippen LogP contribution in [0.5, 0.6) is 0 Å². The third-order valence-electron chi connectivity index (χ3n) is 1.90. The molecule has 0 atom stereocenters. The largest absolute Gasteiger partial charge is 0.346 e. The number of hydrogen-bond donors (Lipinski definition) is 0. The van der Waals surface area contributed by atoms with Crippen LogP contribution in [0.15, 0.2) is 12.1 Å². The van der Waals surface area contributed by atoms with E-state index in [1.54, 1.807) is 0 Å². The predicted molar refractivity (Wildman–Crippen MR) is 41.0 cm³/mol. The molecule has 1 aromatic rings. The van der Waals surface area contributed by atoms with E-state index >= 15 is 0 Å². The molecule has 76 valence electrons. The molecule has 0 spiro atoms. The Bertz CT molecular complexity index is 325. The highest BCUT2D eigenvalue weighted by Crippen LogP contribution is 2.25. The van der Waals surface area contributed by atoms with E-state index in [0.717, 1.165) is 12.1 Å². The number of benzene rings is 1. The first-order valence-corrected chi connectivity index (χ1v) is 4.06. The van der Waals surface area contributed by atoms with E-state index in [1.807, 2.05) is 0 Å². The molecule has 1 aliphatic heterocycles. The Morgan fingerprint density at radius 2 is 1.50 bits per heavy atom. The van der Waals surface area contributed by atoms with Crippen molar-refractivity contribution in [3.05, 3.63) is 35.1 Å². The molecule has 0 aromatic heterocycles. The van der Waals surface area contributed by atoms with Crippen LogP contribution in [0.2, 0.25) is 0 Å². The van der Waals surface area contributed by atoms with Crippen molar-refractivity contribution >= 4 is 0 Å². The summed E-state index contributed by atoms with van der Waals surface area (Å²) in [6.07, 6.45) is -0.792. The van der Waals surface area contributed by atoms with Crippen LogP contribution < -0.4 is 0 Å². The zero-order chi connectivity index (χ0) is 10.1. The van der Waals surface area contributed by atoms with Crippen LogP contribution >= 0.6 is 0 Å². The van der Waals surface area contributed by atoms with Crippen LogP contribution in [0.3, 0.4) is 0 Å². The van der Waals surface area contributed by atoms with Gasteiger partial charge in [0.05, 0.1) is 13.2 Å². The van der Waals surface area contributed by atoms with Gasteiger partial charge in [0.25, 0.3) is 0 Å². The van der Waals surface area contributed by atoms with Crippen molar-refractivity contribution < 1.29 is 22.6 Å². The van der Waals surface area contributed by atoms with E-state index < -0.39 is 23.7 Å². The summed E-state index contributed by atoms with van der Waals surface area (Å²) in [6, 6.07) is 1.74. The van der Waals surface area contributed by atoms with Gasteiger partial charge in [-0.25, -0.2) is 13.2 Å². The maximum absolute atomic E-state index is 12.8. The second-order valence-corrected chi connectivity index (χ2v) is 2.87. The van der Waals surface area contributed by atoms with Gasteiger partial charge in [0.15, 0.2) is 23.7 Å². The fourth-order valence-electron chi connectivity index (χ4n) is 1.26. The number of hydrogen-bond acceptors (Lipinski definition) is 2. The first-order chi connectivity index (χ1) is 6.68. The third-order valence-corrected chi connectivity index (χ3v) is 1.90. The molecule has 0 N–H and O–H groups in total. The van der Waals surface area contributed by atoms with Crippen LogP contribution in [-0.2, 0) is 9.47 Å². The van der Waals surface area contributed by atoms with E-state index in [4.69, 9.17) is 9.47 Å². The topological polar surface area (TPSA) is 18.5 Å². The van der Waals surface area contributed by atoms with Crippen molar-refractivity contribution in [3.8, 4) is 0 Å². The summed E-state index contributed by atoms with van der Waals surface area (Å²) in [5.74, 6) is -3.95. The van der Waals surface area contributed by atoms with E-state index in [1.165, 1.54) is 0 Å². The normalized spacial score (nSPS) is 17.6. The van der Waals surface area contributed by atoms with Crippen LogP contribution in [0.4, 0.5) is 13.2 Å². The molecule has 2 rings (SSSR count). The summed E-state index contributed by atoms with van der Waals surface area (Å²) in [5.41, 5.74) is 0.152. The van der Waals surface area contributed by atoms with Gasteiger partial charge in [-0.05, 0) is 12.1 Å². The van der Waals surface area contributed by atoms with Gasteiger partial charge in [-0.15, -0.1) is 0 Å². The molecule has 1 heterocycles. The molecule has 0 saturated carbocycles. The van der Waals surface area contributed by atoms with Crippen LogP contribution in [-0.4, -0.2) is 13.2 Å². The van der Waals surface area contributed by atoms with Crippen molar-refractivity contribution in [2.45, 2.75) is 6.29 Å². The predicted octanol–water partition coefficient (Wildman–Crippen LogP) is 2.15. The molecule has 2 nitrogen and oxygen atoms in total. The molecule has 0 radical (unpaired) electrons. The van der Waals surface area contributed by atoms with Crippen molar-refractivity contribution in [3.63, 3.8) is 0 Å². The fraction of sp³-hybridized carbons (Fsp3) is 0.333. The van der Waals surface area contributed by atoms with Gasteiger partial charge in [0.2, 0.25) is 0 Å². The number of rotatable bonds is 1. The summed E-state index contributed by atoms with van der Waals surface area (Å²) in [4.78, 5) is 0. The average molecular weight is 204 g/mol. The van der Waals surface area contributed by atoms with Crippen molar-refractivity contribution in [2.24, 2.45) is 0 Å². The Morgan fingerprint density at radius 3 is 2.00 bits per heavy atom. The van der Waals surface area contributed by atoms with Gasteiger partial charge < -0.3 is 9.47 Å².